The number of carbonyl (C=O) groups is 1. The van der Waals surface area contributed by atoms with E-state index < -0.39 is 0 Å². The molecule has 1 amide bonds. The van der Waals surface area contributed by atoms with Crippen LogP contribution in [0.2, 0.25) is 0 Å². The molecule has 33 heavy (non-hydrogen) atoms. The van der Waals surface area contributed by atoms with E-state index in [1.807, 2.05) is 30.3 Å². The maximum atomic E-state index is 13.4. The first-order chi connectivity index (χ1) is 16.0. The van der Waals surface area contributed by atoms with Crippen molar-refractivity contribution in [3.05, 3.63) is 29.7 Å². The summed E-state index contributed by atoms with van der Waals surface area (Å²) in [5, 5.41) is 0. The van der Waals surface area contributed by atoms with Gasteiger partial charge in [-0.05, 0) is 50.7 Å². The number of likely N-dealkylation sites (tertiary alicyclic amines) is 1. The third-order valence-corrected chi connectivity index (χ3v) is 8.22. The first kappa shape index (κ1) is 20.7. The average molecular weight is 449 g/mol. The largest absolute Gasteiger partial charge is 0.494 e. The Morgan fingerprint density at radius 1 is 1.24 bits per heavy atom. The van der Waals surface area contributed by atoms with E-state index in [2.05, 4.69) is 16.1 Å². The van der Waals surface area contributed by atoms with E-state index in [1.165, 1.54) is 19.3 Å². The molecule has 1 saturated heterocycles. The average Bonchev–Trinajstić information content (AvgIpc) is 3.53. The van der Waals surface area contributed by atoms with Gasteiger partial charge >= 0.3 is 0 Å². The SMILES string of the molecule is CCn1c(-c2nc3cc(C(=O)N4C[C@H]5CC[C@@H]4[C@@H]5N)cc(OC)c3n2C)cnc1C1CCC1. The third-order valence-electron chi connectivity index (χ3n) is 8.22. The smallest absolute Gasteiger partial charge is 0.254 e. The number of benzene rings is 1. The van der Waals surface area contributed by atoms with Gasteiger partial charge in [0.2, 0.25) is 0 Å². The number of imidazole rings is 2. The van der Waals surface area contributed by atoms with Gasteiger partial charge in [-0.1, -0.05) is 6.42 Å². The Balaban J connectivity index is 1.42. The molecule has 3 fully saturated rings. The van der Waals surface area contributed by atoms with E-state index in [0.29, 0.717) is 23.1 Å². The molecular weight excluding hydrogens is 416 g/mol. The van der Waals surface area contributed by atoms with Crippen LogP contribution in [0.3, 0.4) is 0 Å². The zero-order valence-corrected chi connectivity index (χ0v) is 19.6. The van der Waals surface area contributed by atoms with Crippen molar-refractivity contribution in [3.63, 3.8) is 0 Å². The van der Waals surface area contributed by atoms with Crippen molar-refractivity contribution < 1.29 is 9.53 Å². The highest BCUT2D eigenvalue weighted by Crippen LogP contribution is 2.40. The van der Waals surface area contributed by atoms with E-state index in [0.717, 1.165) is 54.3 Å². The molecule has 174 valence electrons. The van der Waals surface area contributed by atoms with Crippen LogP contribution < -0.4 is 10.5 Å². The number of nitrogens with zero attached hydrogens (tertiary/aromatic N) is 5. The van der Waals surface area contributed by atoms with Gasteiger partial charge in [0, 0.05) is 43.7 Å². The maximum absolute atomic E-state index is 13.4. The second-order valence-electron chi connectivity index (χ2n) is 9.85. The predicted octanol–water partition coefficient (Wildman–Crippen LogP) is 3.29. The highest BCUT2D eigenvalue weighted by atomic mass is 16.5. The molecular formula is C25H32N6O2. The molecule has 2 N–H and O–H groups in total. The summed E-state index contributed by atoms with van der Waals surface area (Å²) in [6.45, 7) is 3.75. The lowest BCUT2D eigenvalue weighted by Gasteiger charge is -2.27. The number of hydrogen-bond acceptors (Lipinski definition) is 5. The number of aromatic nitrogens is 4. The summed E-state index contributed by atoms with van der Waals surface area (Å²) in [4.78, 5) is 25.1. The zero-order chi connectivity index (χ0) is 22.9. The fourth-order valence-corrected chi connectivity index (χ4v) is 6.16. The summed E-state index contributed by atoms with van der Waals surface area (Å²) in [5.41, 5.74) is 9.62. The molecule has 2 aromatic heterocycles. The minimum Gasteiger partial charge on any atom is -0.494 e. The number of fused-ring (bicyclic) bond motifs is 3. The predicted molar refractivity (Wildman–Crippen MR) is 126 cm³/mol. The third kappa shape index (κ3) is 2.96. The van der Waals surface area contributed by atoms with E-state index in [1.54, 1.807) is 7.11 Å². The van der Waals surface area contributed by atoms with Crippen molar-refractivity contribution in [1.82, 2.24) is 24.0 Å². The lowest BCUT2D eigenvalue weighted by molar-refractivity contribution is 0.0700. The van der Waals surface area contributed by atoms with Gasteiger partial charge in [-0.2, -0.15) is 0 Å². The fraction of sp³-hybridized carbons (Fsp3) is 0.560. The van der Waals surface area contributed by atoms with E-state index in [-0.39, 0.29) is 18.0 Å². The van der Waals surface area contributed by atoms with Crippen LogP contribution in [0.15, 0.2) is 18.3 Å². The Kier molecular flexibility index (Phi) is 4.76. The normalized spacial score (nSPS) is 24.6. The van der Waals surface area contributed by atoms with E-state index in [4.69, 9.17) is 20.4 Å². The number of amides is 1. The minimum atomic E-state index is 0.0240. The van der Waals surface area contributed by atoms with Crippen LogP contribution in [0.1, 0.15) is 61.1 Å². The van der Waals surface area contributed by atoms with Crippen molar-refractivity contribution in [2.24, 2.45) is 18.7 Å². The van der Waals surface area contributed by atoms with Crippen LogP contribution in [0.5, 0.6) is 5.75 Å². The Bertz CT molecular complexity index is 1240. The number of nitrogens with two attached hydrogens (primary N) is 1. The van der Waals surface area contributed by atoms with Crippen molar-refractivity contribution >= 4 is 16.9 Å². The van der Waals surface area contributed by atoms with Crippen LogP contribution in [-0.2, 0) is 13.6 Å². The Morgan fingerprint density at radius 3 is 2.67 bits per heavy atom. The molecule has 6 rings (SSSR count). The molecule has 1 aromatic carbocycles. The molecule has 8 nitrogen and oxygen atoms in total. The van der Waals surface area contributed by atoms with Gasteiger partial charge in [0.25, 0.3) is 5.91 Å². The molecule has 2 saturated carbocycles. The molecule has 3 atom stereocenters. The van der Waals surface area contributed by atoms with Crippen molar-refractivity contribution in [2.45, 2.75) is 63.6 Å². The Labute approximate surface area is 193 Å². The standard InChI is InChI=1S/C25H32N6O2/c1-4-30-19(12-27-23(30)14-6-5-7-14)24-28-17-10-16(11-20(33-3)22(17)29(24)2)25(32)31-13-15-8-9-18(31)21(15)26/h10-12,14-15,18,21H,4-9,13,26H2,1-3H3/t15-,18-,21-/m1/s1. The number of aryl methyl sites for hydroxylation is 1. The lowest BCUT2D eigenvalue weighted by atomic mass is 9.85. The highest BCUT2D eigenvalue weighted by Gasteiger charge is 2.47. The minimum absolute atomic E-state index is 0.0240. The number of hydrogen-bond donors (Lipinski definition) is 1. The van der Waals surface area contributed by atoms with Gasteiger partial charge in [-0.25, -0.2) is 9.97 Å². The van der Waals surface area contributed by atoms with Crippen LogP contribution in [0.4, 0.5) is 0 Å². The van der Waals surface area contributed by atoms with E-state index >= 15 is 0 Å². The van der Waals surface area contributed by atoms with Gasteiger partial charge in [0.05, 0.1) is 18.8 Å². The number of carbonyl (C=O) groups excluding carboxylic acids is 1. The summed E-state index contributed by atoms with van der Waals surface area (Å²) in [6, 6.07) is 4.00. The Hall–Kier alpha value is -2.87. The number of rotatable bonds is 5. The quantitative estimate of drug-likeness (QED) is 0.647. The molecule has 3 aliphatic rings. The number of ether oxygens (including phenoxy) is 1. The molecule has 8 heteroatoms. The van der Waals surface area contributed by atoms with Gasteiger partial charge in [0.15, 0.2) is 5.82 Å². The zero-order valence-electron chi connectivity index (χ0n) is 19.6. The fourth-order valence-electron chi connectivity index (χ4n) is 6.16. The Morgan fingerprint density at radius 2 is 2.06 bits per heavy atom. The first-order valence-corrected chi connectivity index (χ1v) is 12.2. The van der Waals surface area contributed by atoms with Gasteiger partial charge in [-0.15, -0.1) is 0 Å². The summed E-state index contributed by atoms with van der Waals surface area (Å²) in [5.74, 6) is 3.66. The van der Waals surface area contributed by atoms with Crippen LogP contribution >= 0.6 is 0 Å². The monoisotopic (exact) mass is 448 g/mol. The van der Waals surface area contributed by atoms with Crippen LogP contribution in [0.25, 0.3) is 22.6 Å². The molecule has 0 radical (unpaired) electrons. The number of piperidine rings is 1. The topological polar surface area (TPSA) is 91.2 Å². The maximum Gasteiger partial charge on any atom is 0.254 e. The second-order valence-corrected chi connectivity index (χ2v) is 9.85. The first-order valence-electron chi connectivity index (χ1n) is 12.2. The second kappa shape index (κ2) is 7.58. The van der Waals surface area contributed by atoms with Crippen molar-refractivity contribution in [3.8, 4) is 17.3 Å². The van der Waals surface area contributed by atoms with Gasteiger partial charge in [0.1, 0.15) is 22.8 Å². The van der Waals surface area contributed by atoms with Crippen molar-refractivity contribution in [1.29, 1.82) is 0 Å². The highest BCUT2D eigenvalue weighted by molar-refractivity contribution is 6.00. The summed E-state index contributed by atoms with van der Waals surface area (Å²) in [6.07, 6.45) is 7.75. The summed E-state index contributed by atoms with van der Waals surface area (Å²) >= 11 is 0. The molecule has 0 unspecified atom stereocenters. The van der Waals surface area contributed by atoms with Gasteiger partial charge < -0.3 is 24.5 Å². The molecule has 3 aromatic rings. The summed E-state index contributed by atoms with van der Waals surface area (Å²) < 4.78 is 10.1. The molecule has 0 spiro atoms. The summed E-state index contributed by atoms with van der Waals surface area (Å²) in [7, 11) is 3.65. The molecule has 3 heterocycles. The molecule has 2 aliphatic carbocycles. The van der Waals surface area contributed by atoms with Crippen LogP contribution in [0, 0.1) is 5.92 Å². The molecule has 2 bridgehead atoms. The van der Waals surface area contributed by atoms with Crippen LogP contribution in [-0.4, -0.2) is 55.6 Å². The van der Waals surface area contributed by atoms with Crippen molar-refractivity contribution in [2.75, 3.05) is 13.7 Å². The lowest BCUT2D eigenvalue weighted by Crippen LogP contribution is -2.41. The molecule has 1 aliphatic heterocycles. The number of methoxy groups -OCH3 is 1. The van der Waals surface area contributed by atoms with Gasteiger partial charge in [-0.3, -0.25) is 4.79 Å². The van der Waals surface area contributed by atoms with E-state index in [9.17, 15) is 4.79 Å².